The minimum atomic E-state index is -4.40. The zero-order chi connectivity index (χ0) is 19.1. The summed E-state index contributed by atoms with van der Waals surface area (Å²) in [6.45, 7) is 4.45. The Hall–Kier alpha value is -1.08. The summed E-state index contributed by atoms with van der Waals surface area (Å²) in [7, 11) is -3.29. The van der Waals surface area contributed by atoms with Crippen molar-refractivity contribution in [1.29, 1.82) is 0 Å². The van der Waals surface area contributed by atoms with E-state index < -0.39 is 27.8 Å². The quantitative estimate of drug-likeness (QED) is 0.229. The van der Waals surface area contributed by atoms with Crippen LogP contribution in [0.3, 0.4) is 0 Å². The van der Waals surface area contributed by atoms with E-state index in [9.17, 15) is 21.6 Å². The topological polar surface area (TPSA) is 82.6 Å². The maximum atomic E-state index is 12.8. The first-order chi connectivity index (χ1) is 11.5. The van der Waals surface area contributed by atoms with Gasteiger partial charge in [0.05, 0.1) is 24.4 Å². The minimum Gasteiger partial charge on any atom is -0.357 e. The predicted octanol–water partition coefficient (Wildman–Crippen LogP) is 2.49. The van der Waals surface area contributed by atoms with Crippen molar-refractivity contribution in [3.63, 3.8) is 0 Å². The molecule has 0 fully saturated rings. The maximum Gasteiger partial charge on any atom is 0.416 e. The van der Waals surface area contributed by atoms with Crippen LogP contribution in [-0.2, 0) is 16.2 Å². The molecule has 0 aromatic heterocycles. The number of alkyl halides is 3. The van der Waals surface area contributed by atoms with Crippen LogP contribution in [0.1, 0.15) is 31.0 Å². The van der Waals surface area contributed by atoms with Crippen molar-refractivity contribution in [3.05, 3.63) is 35.4 Å². The van der Waals surface area contributed by atoms with E-state index in [0.717, 1.165) is 18.4 Å². The molecule has 1 rings (SSSR count). The van der Waals surface area contributed by atoms with Gasteiger partial charge in [-0.15, -0.1) is 24.0 Å². The molecule has 0 aliphatic carbocycles. The number of aliphatic imine (C=N–C) groups is 1. The molecule has 0 saturated heterocycles. The van der Waals surface area contributed by atoms with Crippen LogP contribution in [0.25, 0.3) is 0 Å². The second kappa shape index (κ2) is 10.9. The molecule has 0 bridgehead atoms. The van der Waals surface area contributed by atoms with Gasteiger partial charge in [0.25, 0.3) is 0 Å². The molecule has 0 aliphatic rings. The number of hydrogen-bond donors (Lipinski definition) is 3. The van der Waals surface area contributed by atoms with Crippen molar-refractivity contribution in [1.82, 2.24) is 15.4 Å². The van der Waals surface area contributed by atoms with E-state index in [0.29, 0.717) is 18.1 Å². The molecule has 0 spiro atoms. The van der Waals surface area contributed by atoms with Gasteiger partial charge >= 0.3 is 6.18 Å². The molecule has 0 heterocycles. The van der Waals surface area contributed by atoms with E-state index in [1.165, 1.54) is 6.07 Å². The molecule has 0 amide bonds. The zero-order valence-corrected chi connectivity index (χ0v) is 17.9. The number of nitrogens with zero attached hydrogens (tertiary/aromatic N) is 1. The van der Waals surface area contributed by atoms with Crippen LogP contribution in [-0.4, -0.2) is 40.3 Å². The van der Waals surface area contributed by atoms with E-state index in [4.69, 9.17) is 0 Å². The number of benzene rings is 1. The van der Waals surface area contributed by atoms with Crippen LogP contribution in [0.5, 0.6) is 0 Å². The lowest BCUT2D eigenvalue weighted by Gasteiger charge is -2.19. The molecule has 1 aromatic rings. The molecule has 3 N–H and O–H groups in total. The maximum absolute atomic E-state index is 12.8. The summed E-state index contributed by atoms with van der Waals surface area (Å²) in [5.74, 6) is 0.391. The van der Waals surface area contributed by atoms with Crippen LogP contribution >= 0.6 is 24.0 Å². The van der Waals surface area contributed by atoms with Gasteiger partial charge in [-0.05, 0) is 31.5 Å². The van der Waals surface area contributed by atoms with Gasteiger partial charge < -0.3 is 10.6 Å². The molecule has 11 heteroatoms. The molecule has 26 heavy (non-hydrogen) atoms. The van der Waals surface area contributed by atoms with Crippen LogP contribution in [0.4, 0.5) is 13.2 Å². The Bertz CT molecular complexity index is 696. The number of nitrogens with one attached hydrogen (secondary N) is 3. The minimum absolute atomic E-state index is 0. The van der Waals surface area contributed by atoms with Gasteiger partial charge in [0.15, 0.2) is 5.96 Å². The van der Waals surface area contributed by atoms with E-state index in [1.54, 1.807) is 13.0 Å². The highest BCUT2D eigenvalue weighted by molar-refractivity contribution is 14.0. The normalized spacial score (nSPS) is 13.7. The number of guanidine groups is 1. The summed E-state index contributed by atoms with van der Waals surface area (Å²) in [5.41, 5.74) is -0.243. The molecule has 0 radical (unpaired) electrons. The summed E-state index contributed by atoms with van der Waals surface area (Å²) in [6.07, 6.45) is -3.35. The summed E-state index contributed by atoms with van der Waals surface area (Å²) in [5, 5.41) is 5.97. The van der Waals surface area contributed by atoms with E-state index >= 15 is 0 Å². The Morgan fingerprint density at radius 2 is 1.96 bits per heavy atom. The number of sulfonamides is 1. The Morgan fingerprint density at radius 3 is 2.50 bits per heavy atom. The first kappa shape index (κ1) is 24.9. The van der Waals surface area contributed by atoms with Crippen molar-refractivity contribution in [2.24, 2.45) is 4.99 Å². The van der Waals surface area contributed by atoms with Crippen molar-refractivity contribution < 1.29 is 21.6 Å². The van der Waals surface area contributed by atoms with E-state index in [2.05, 4.69) is 20.3 Å². The molecule has 1 atom stereocenters. The largest absolute Gasteiger partial charge is 0.416 e. The van der Waals surface area contributed by atoms with Crippen molar-refractivity contribution in [2.45, 2.75) is 26.1 Å². The van der Waals surface area contributed by atoms with Gasteiger partial charge in [-0.25, -0.2) is 13.1 Å². The van der Waals surface area contributed by atoms with Crippen LogP contribution in [0.2, 0.25) is 0 Å². The van der Waals surface area contributed by atoms with Crippen LogP contribution in [0.15, 0.2) is 29.3 Å². The van der Waals surface area contributed by atoms with Gasteiger partial charge in [0, 0.05) is 13.1 Å². The van der Waals surface area contributed by atoms with Crippen LogP contribution in [0, 0.1) is 0 Å². The lowest BCUT2D eigenvalue weighted by atomic mass is 10.1. The number of hydrogen-bond acceptors (Lipinski definition) is 3. The zero-order valence-electron chi connectivity index (χ0n) is 14.7. The molecule has 6 nitrogen and oxygen atoms in total. The number of rotatable bonds is 7. The SMILES string of the molecule is CCNC(=NCCNS(C)(=O)=O)NC(C)c1cccc(C(F)(F)F)c1.I. The molecule has 1 unspecified atom stereocenters. The first-order valence-corrected chi connectivity index (χ1v) is 9.58. The predicted molar refractivity (Wildman–Crippen MR) is 107 cm³/mol. The lowest BCUT2D eigenvalue weighted by molar-refractivity contribution is -0.137. The van der Waals surface area contributed by atoms with Crippen molar-refractivity contribution in [3.8, 4) is 0 Å². The first-order valence-electron chi connectivity index (χ1n) is 7.69. The molecular formula is C15H24F3IN4O2S. The van der Waals surface area contributed by atoms with Crippen LogP contribution < -0.4 is 15.4 Å². The second-order valence-corrected chi connectivity index (χ2v) is 7.25. The fraction of sp³-hybridized carbons (Fsp3) is 0.533. The Morgan fingerprint density at radius 1 is 1.31 bits per heavy atom. The fourth-order valence-corrected chi connectivity index (χ4v) is 2.45. The third-order valence-corrected chi connectivity index (χ3v) is 3.89. The van der Waals surface area contributed by atoms with Gasteiger partial charge in [0.1, 0.15) is 0 Å². The highest BCUT2D eigenvalue weighted by atomic mass is 127. The Labute approximate surface area is 169 Å². The Balaban J connectivity index is 0.00000625. The molecular weight excluding hydrogens is 484 g/mol. The molecule has 1 aromatic carbocycles. The average molecular weight is 508 g/mol. The second-order valence-electron chi connectivity index (χ2n) is 5.42. The summed E-state index contributed by atoms with van der Waals surface area (Å²) in [4.78, 5) is 4.20. The fourth-order valence-electron chi connectivity index (χ4n) is 1.99. The molecule has 150 valence electrons. The Kier molecular flexibility index (Phi) is 10.5. The lowest BCUT2D eigenvalue weighted by Crippen LogP contribution is -2.39. The van der Waals surface area contributed by atoms with Gasteiger partial charge in [-0.2, -0.15) is 13.2 Å². The smallest absolute Gasteiger partial charge is 0.357 e. The average Bonchev–Trinajstić information content (AvgIpc) is 2.50. The van der Waals surface area contributed by atoms with Crippen molar-refractivity contribution >= 4 is 40.0 Å². The van der Waals surface area contributed by atoms with Crippen molar-refractivity contribution in [2.75, 3.05) is 25.9 Å². The third kappa shape index (κ3) is 9.57. The van der Waals surface area contributed by atoms with Gasteiger partial charge in [0.2, 0.25) is 10.0 Å². The number of halogens is 4. The summed E-state index contributed by atoms with van der Waals surface area (Å²) < 4.78 is 62.7. The molecule has 0 aliphatic heterocycles. The van der Waals surface area contributed by atoms with Gasteiger partial charge in [-0.3, -0.25) is 4.99 Å². The van der Waals surface area contributed by atoms with E-state index in [-0.39, 0.29) is 37.1 Å². The van der Waals surface area contributed by atoms with E-state index in [1.807, 2.05) is 6.92 Å². The highest BCUT2D eigenvalue weighted by Gasteiger charge is 2.30. The van der Waals surface area contributed by atoms with Gasteiger partial charge in [-0.1, -0.05) is 12.1 Å². The molecule has 0 saturated carbocycles. The summed E-state index contributed by atoms with van der Waals surface area (Å²) >= 11 is 0. The highest BCUT2D eigenvalue weighted by Crippen LogP contribution is 2.30. The monoisotopic (exact) mass is 508 g/mol. The third-order valence-electron chi connectivity index (χ3n) is 3.16. The summed E-state index contributed by atoms with van der Waals surface area (Å²) in [6, 6.07) is 4.65. The standard InChI is InChI=1S/C15H23F3N4O2S.HI/c1-4-19-14(20-8-9-21-25(3,23)24)22-11(2)12-6-5-7-13(10-12)15(16,17)18;/h5-7,10-11,21H,4,8-9H2,1-3H3,(H2,19,20,22);1H.